The van der Waals surface area contributed by atoms with Crippen molar-refractivity contribution in [2.45, 2.75) is 32.0 Å². The van der Waals surface area contributed by atoms with Gasteiger partial charge in [-0.25, -0.2) is 0 Å². The molecule has 136 valence electrons. The minimum Gasteiger partial charge on any atom is -0.468 e. The summed E-state index contributed by atoms with van der Waals surface area (Å²) in [4.78, 5) is 2.22. The minimum absolute atomic E-state index is 0.239. The van der Waals surface area contributed by atoms with Crippen LogP contribution in [0.3, 0.4) is 0 Å². The average Bonchev–Trinajstić information content (AvgIpc) is 3.38. The second kappa shape index (κ2) is 8.03. The maximum atomic E-state index is 5.93. The quantitative estimate of drug-likeness (QED) is 0.619. The summed E-state index contributed by atoms with van der Waals surface area (Å²) in [5, 5.41) is 9.03. The number of hydrogen-bond acceptors (Lipinski definition) is 6. The summed E-state index contributed by atoms with van der Waals surface area (Å²) >= 11 is 5.93. The van der Waals surface area contributed by atoms with Crippen molar-refractivity contribution in [1.82, 2.24) is 15.1 Å². The van der Waals surface area contributed by atoms with E-state index in [1.165, 1.54) is 0 Å². The molecule has 3 aromatic rings. The number of rotatable bonds is 7. The van der Waals surface area contributed by atoms with Crippen molar-refractivity contribution in [3.8, 4) is 11.5 Å². The molecule has 4 rings (SSSR count). The number of benzene rings is 1. The summed E-state index contributed by atoms with van der Waals surface area (Å²) in [6.07, 6.45) is 4.11. The summed E-state index contributed by atoms with van der Waals surface area (Å²) in [6, 6.07) is 11.2. The van der Waals surface area contributed by atoms with Crippen LogP contribution in [0.15, 0.2) is 51.5 Å². The number of furan rings is 1. The van der Waals surface area contributed by atoms with Crippen LogP contribution in [0.25, 0.3) is 11.5 Å². The topological polar surface area (TPSA) is 64.5 Å². The number of nitrogens with zero attached hydrogens (tertiary/aromatic N) is 3. The zero-order valence-electron chi connectivity index (χ0n) is 14.3. The fourth-order valence-corrected chi connectivity index (χ4v) is 3.23. The van der Waals surface area contributed by atoms with Gasteiger partial charge in [-0.15, -0.1) is 10.2 Å². The lowest BCUT2D eigenvalue weighted by Crippen LogP contribution is -2.31. The molecule has 1 aliphatic rings. The van der Waals surface area contributed by atoms with Crippen molar-refractivity contribution >= 4 is 11.6 Å². The van der Waals surface area contributed by atoms with Gasteiger partial charge in [-0.2, -0.15) is 0 Å². The van der Waals surface area contributed by atoms with E-state index >= 15 is 0 Å². The van der Waals surface area contributed by atoms with Gasteiger partial charge < -0.3 is 13.6 Å². The predicted molar refractivity (Wildman–Crippen MR) is 96.5 cm³/mol. The Morgan fingerprint density at radius 3 is 2.73 bits per heavy atom. The van der Waals surface area contributed by atoms with Crippen LogP contribution in [0.2, 0.25) is 5.02 Å². The van der Waals surface area contributed by atoms with Gasteiger partial charge in [0.1, 0.15) is 5.76 Å². The number of halogens is 1. The zero-order chi connectivity index (χ0) is 17.8. The number of aromatic nitrogens is 2. The Bertz CT molecular complexity index is 811. The van der Waals surface area contributed by atoms with E-state index in [0.717, 1.165) is 37.3 Å². The molecular weight excluding hydrogens is 354 g/mol. The van der Waals surface area contributed by atoms with E-state index in [9.17, 15) is 0 Å². The van der Waals surface area contributed by atoms with Crippen molar-refractivity contribution in [2.75, 3.05) is 13.2 Å². The van der Waals surface area contributed by atoms with Crippen LogP contribution in [0.4, 0.5) is 0 Å². The number of hydrogen-bond donors (Lipinski definition) is 0. The first-order valence-electron chi connectivity index (χ1n) is 8.71. The van der Waals surface area contributed by atoms with Gasteiger partial charge in [-0.05, 0) is 49.2 Å². The molecule has 6 nitrogen and oxygen atoms in total. The molecule has 1 atom stereocenters. The molecule has 1 fully saturated rings. The molecule has 1 saturated heterocycles. The normalized spacial score (nSPS) is 17.2. The van der Waals surface area contributed by atoms with Gasteiger partial charge in [0.15, 0.2) is 0 Å². The van der Waals surface area contributed by atoms with Crippen molar-refractivity contribution in [2.24, 2.45) is 0 Å². The van der Waals surface area contributed by atoms with Gasteiger partial charge in [0.2, 0.25) is 11.8 Å². The highest BCUT2D eigenvalue weighted by atomic mass is 35.5. The van der Waals surface area contributed by atoms with Crippen LogP contribution >= 0.6 is 11.6 Å². The van der Waals surface area contributed by atoms with Crippen LogP contribution in [-0.2, 0) is 17.8 Å². The molecule has 0 aliphatic carbocycles. The SMILES string of the molecule is Clc1ccc(-c2nnc(CN(Cc3ccco3)CC3CCCO3)o2)cc1. The van der Waals surface area contributed by atoms with Crippen molar-refractivity contribution in [1.29, 1.82) is 0 Å². The summed E-state index contributed by atoms with van der Waals surface area (Å²) in [5.74, 6) is 1.96. The molecule has 0 saturated carbocycles. The Morgan fingerprint density at radius 2 is 2.00 bits per heavy atom. The number of ether oxygens (including phenoxy) is 1. The molecule has 0 N–H and O–H groups in total. The Labute approximate surface area is 156 Å². The summed E-state index contributed by atoms with van der Waals surface area (Å²) < 4.78 is 17.1. The maximum Gasteiger partial charge on any atom is 0.247 e. The summed E-state index contributed by atoms with van der Waals surface area (Å²) in [5.41, 5.74) is 0.852. The fourth-order valence-electron chi connectivity index (χ4n) is 3.10. The molecule has 0 amide bonds. The molecule has 1 aromatic carbocycles. The van der Waals surface area contributed by atoms with E-state index in [0.29, 0.717) is 29.9 Å². The summed E-state index contributed by atoms with van der Waals surface area (Å²) in [6.45, 7) is 2.85. The van der Waals surface area contributed by atoms with Gasteiger partial charge in [0.25, 0.3) is 0 Å². The van der Waals surface area contributed by atoms with Gasteiger partial charge in [-0.3, -0.25) is 4.90 Å². The Morgan fingerprint density at radius 1 is 1.12 bits per heavy atom. The third kappa shape index (κ3) is 4.33. The van der Waals surface area contributed by atoms with E-state index < -0.39 is 0 Å². The molecule has 26 heavy (non-hydrogen) atoms. The van der Waals surface area contributed by atoms with Crippen molar-refractivity contribution in [3.63, 3.8) is 0 Å². The molecule has 3 heterocycles. The van der Waals surface area contributed by atoms with Crippen LogP contribution in [0.1, 0.15) is 24.5 Å². The second-order valence-electron chi connectivity index (χ2n) is 6.39. The molecule has 1 aliphatic heterocycles. The van der Waals surface area contributed by atoms with Gasteiger partial charge >= 0.3 is 0 Å². The van der Waals surface area contributed by atoms with Crippen LogP contribution in [0, 0.1) is 0 Å². The lowest BCUT2D eigenvalue weighted by molar-refractivity contribution is 0.0624. The molecule has 0 bridgehead atoms. The second-order valence-corrected chi connectivity index (χ2v) is 6.83. The monoisotopic (exact) mass is 373 g/mol. The van der Waals surface area contributed by atoms with Gasteiger partial charge in [0.05, 0.1) is 25.5 Å². The first-order valence-corrected chi connectivity index (χ1v) is 9.09. The molecule has 7 heteroatoms. The van der Waals surface area contributed by atoms with Gasteiger partial charge in [0, 0.05) is 23.7 Å². The van der Waals surface area contributed by atoms with Crippen molar-refractivity contribution in [3.05, 3.63) is 59.3 Å². The molecule has 0 spiro atoms. The highest BCUT2D eigenvalue weighted by Crippen LogP contribution is 2.22. The van der Waals surface area contributed by atoms with E-state index in [1.54, 1.807) is 18.4 Å². The van der Waals surface area contributed by atoms with Crippen LogP contribution in [0.5, 0.6) is 0 Å². The minimum atomic E-state index is 0.239. The molecule has 0 radical (unpaired) electrons. The van der Waals surface area contributed by atoms with Crippen molar-refractivity contribution < 1.29 is 13.6 Å². The Hall–Kier alpha value is -2.15. The highest BCUT2D eigenvalue weighted by molar-refractivity contribution is 6.30. The third-order valence-corrected chi connectivity index (χ3v) is 4.61. The highest BCUT2D eigenvalue weighted by Gasteiger charge is 2.22. The van der Waals surface area contributed by atoms with Crippen LogP contribution < -0.4 is 0 Å². The molecule has 1 unspecified atom stereocenters. The first kappa shape index (κ1) is 17.3. The van der Waals surface area contributed by atoms with Gasteiger partial charge in [-0.1, -0.05) is 11.6 Å². The predicted octanol–water partition coefficient (Wildman–Crippen LogP) is 4.16. The average molecular weight is 374 g/mol. The third-order valence-electron chi connectivity index (χ3n) is 4.36. The largest absolute Gasteiger partial charge is 0.468 e. The Kier molecular flexibility index (Phi) is 5.34. The van der Waals surface area contributed by atoms with E-state index in [2.05, 4.69) is 15.1 Å². The van der Waals surface area contributed by atoms with E-state index in [4.69, 9.17) is 25.2 Å². The standard InChI is InChI=1S/C19H20ClN3O3/c20-15-7-5-14(6-8-15)19-22-21-18(26-19)13-23(11-16-3-1-9-24-16)12-17-4-2-10-25-17/h1,3,5-9,17H,2,4,10-13H2. The smallest absolute Gasteiger partial charge is 0.247 e. The lowest BCUT2D eigenvalue weighted by atomic mass is 10.2. The fraction of sp³-hybridized carbons (Fsp3) is 0.368. The molecule has 2 aromatic heterocycles. The Balaban J connectivity index is 1.46. The van der Waals surface area contributed by atoms with Crippen LogP contribution in [-0.4, -0.2) is 34.4 Å². The lowest BCUT2D eigenvalue weighted by Gasteiger charge is -2.22. The zero-order valence-corrected chi connectivity index (χ0v) is 15.1. The van der Waals surface area contributed by atoms with E-state index in [1.807, 2.05) is 24.3 Å². The summed E-state index contributed by atoms with van der Waals surface area (Å²) in [7, 11) is 0. The van der Waals surface area contributed by atoms with E-state index in [-0.39, 0.29) is 6.10 Å². The first-order chi connectivity index (χ1) is 12.8. The molecular formula is C19H20ClN3O3. The maximum absolute atomic E-state index is 5.93.